The summed E-state index contributed by atoms with van der Waals surface area (Å²) in [4.78, 5) is 24.6. The second-order valence-corrected chi connectivity index (χ2v) is 7.08. The van der Waals surface area contributed by atoms with Crippen LogP contribution in [0.1, 0.15) is 23.3 Å². The van der Waals surface area contributed by atoms with Crippen molar-refractivity contribution >= 4 is 11.7 Å². The van der Waals surface area contributed by atoms with Crippen LogP contribution in [0.3, 0.4) is 0 Å². The molecule has 2 aromatic rings. The molecule has 1 N–H and O–H groups in total. The molecule has 0 aliphatic carbocycles. The Kier molecular flexibility index (Phi) is 4.44. The van der Waals surface area contributed by atoms with Crippen LogP contribution in [0.2, 0.25) is 0 Å². The molecule has 0 bridgehead atoms. The van der Waals surface area contributed by atoms with Gasteiger partial charge in [0.05, 0.1) is 13.2 Å². The summed E-state index contributed by atoms with van der Waals surface area (Å²) in [6, 6.07) is 9.70. The van der Waals surface area contributed by atoms with Gasteiger partial charge in [0.2, 0.25) is 0 Å². The van der Waals surface area contributed by atoms with Crippen molar-refractivity contribution < 1.29 is 9.53 Å². The molecule has 4 rings (SSSR count). The van der Waals surface area contributed by atoms with Gasteiger partial charge in [-0.15, -0.1) is 0 Å². The Morgan fingerprint density at radius 3 is 2.96 bits per heavy atom. The summed E-state index contributed by atoms with van der Waals surface area (Å²) in [6.07, 6.45) is 5.71. The number of aromatic amines is 1. The van der Waals surface area contributed by atoms with Gasteiger partial charge in [0, 0.05) is 44.0 Å². The van der Waals surface area contributed by atoms with Crippen LogP contribution in [0.15, 0.2) is 42.7 Å². The second-order valence-electron chi connectivity index (χ2n) is 7.08. The molecule has 2 fully saturated rings. The van der Waals surface area contributed by atoms with Crippen molar-refractivity contribution in [3.05, 3.63) is 48.4 Å². The van der Waals surface area contributed by atoms with Gasteiger partial charge in [-0.1, -0.05) is 6.07 Å². The highest BCUT2D eigenvalue weighted by atomic mass is 16.5. The summed E-state index contributed by atoms with van der Waals surface area (Å²) in [5.41, 5.74) is 0.627. The fourth-order valence-electron chi connectivity index (χ4n) is 3.99. The van der Waals surface area contributed by atoms with E-state index < -0.39 is 0 Å². The monoisotopic (exact) mass is 340 g/mol. The van der Waals surface area contributed by atoms with Crippen LogP contribution in [0.25, 0.3) is 0 Å². The minimum Gasteiger partial charge on any atom is -0.379 e. The highest BCUT2D eigenvalue weighted by Crippen LogP contribution is 2.34. The van der Waals surface area contributed by atoms with Crippen molar-refractivity contribution in [2.45, 2.75) is 12.8 Å². The number of hydrogen-bond acceptors (Lipinski definition) is 4. The minimum absolute atomic E-state index is 0.0332. The van der Waals surface area contributed by atoms with E-state index in [9.17, 15) is 4.79 Å². The molecule has 2 aromatic heterocycles. The fourth-order valence-corrected chi connectivity index (χ4v) is 3.99. The molecule has 0 radical (unpaired) electrons. The number of hydrogen-bond donors (Lipinski definition) is 1. The fraction of sp³-hybridized carbons (Fsp3) is 0.474. The standard InChI is InChI=1S/C19H24N4O2/c24-18(16-5-3-9-20-16)23-10-4-7-19(14-23)13-22(11-12-25-15-19)17-6-1-2-8-21-17/h1-3,5-6,8-9,20H,4,7,10-15H2. The van der Waals surface area contributed by atoms with Gasteiger partial charge in [0.15, 0.2) is 0 Å². The zero-order valence-electron chi connectivity index (χ0n) is 14.4. The van der Waals surface area contributed by atoms with E-state index in [-0.39, 0.29) is 11.3 Å². The molecule has 6 heteroatoms. The first-order valence-corrected chi connectivity index (χ1v) is 8.92. The van der Waals surface area contributed by atoms with Gasteiger partial charge in [-0.05, 0) is 37.1 Å². The smallest absolute Gasteiger partial charge is 0.270 e. The number of anilines is 1. The van der Waals surface area contributed by atoms with Gasteiger partial charge < -0.3 is 19.5 Å². The van der Waals surface area contributed by atoms with Gasteiger partial charge in [-0.2, -0.15) is 0 Å². The zero-order valence-corrected chi connectivity index (χ0v) is 14.4. The van der Waals surface area contributed by atoms with E-state index in [1.54, 1.807) is 6.20 Å². The average molecular weight is 340 g/mol. The normalized spacial score (nSPS) is 24.3. The zero-order chi connectivity index (χ0) is 17.1. The molecular weight excluding hydrogens is 316 g/mol. The Balaban J connectivity index is 1.53. The van der Waals surface area contributed by atoms with E-state index in [0.717, 1.165) is 44.8 Å². The van der Waals surface area contributed by atoms with Crippen LogP contribution in [-0.4, -0.2) is 60.2 Å². The highest BCUT2D eigenvalue weighted by Gasteiger charge is 2.40. The van der Waals surface area contributed by atoms with Crippen molar-refractivity contribution in [1.29, 1.82) is 0 Å². The third kappa shape index (κ3) is 3.39. The van der Waals surface area contributed by atoms with Crippen molar-refractivity contribution in [2.75, 3.05) is 44.3 Å². The quantitative estimate of drug-likeness (QED) is 0.910. The molecule has 6 nitrogen and oxygen atoms in total. The van der Waals surface area contributed by atoms with Crippen LogP contribution in [-0.2, 0) is 4.74 Å². The van der Waals surface area contributed by atoms with Crippen LogP contribution in [0.5, 0.6) is 0 Å². The average Bonchev–Trinajstić information content (AvgIpc) is 3.12. The van der Waals surface area contributed by atoms with E-state index in [0.29, 0.717) is 18.9 Å². The number of piperidine rings is 1. The summed E-state index contributed by atoms with van der Waals surface area (Å²) in [5.74, 6) is 1.07. The maximum absolute atomic E-state index is 12.8. The van der Waals surface area contributed by atoms with Crippen molar-refractivity contribution in [3.63, 3.8) is 0 Å². The van der Waals surface area contributed by atoms with E-state index in [4.69, 9.17) is 4.74 Å². The number of rotatable bonds is 2. The number of likely N-dealkylation sites (tertiary alicyclic amines) is 1. The topological polar surface area (TPSA) is 61.5 Å². The van der Waals surface area contributed by atoms with Crippen LogP contribution < -0.4 is 4.90 Å². The molecule has 2 saturated heterocycles. The molecule has 2 aliphatic rings. The molecule has 0 aromatic carbocycles. The van der Waals surface area contributed by atoms with Gasteiger partial charge >= 0.3 is 0 Å². The molecule has 1 unspecified atom stereocenters. The third-order valence-corrected chi connectivity index (χ3v) is 5.19. The Morgan fingerprint density at radius 2 is 2.16 bits per heavy atom. The number of H-pyrrole nitrogens is 1. The van der Waals surface area contributed by atoms with Gasteiger partial charge in [-0.3, -0.25) is 4.79 Å². The van der Waals surface area contributed by atoms with E-state index in [2.05, 4.69) is 14.9 Å². The van der Waals surface area contributed by atoms with Gasteiger partial charge in [0.25, 0.3) is 5.91 Å². The Labute approximate surface area is 147 Å². The third-order valence-electron chi connectivity index (χ3n) is 5.19. The molecule has 132 valence electrons. The summed E-state index contributed by atoms with van der Waals surface area (Å²) in [7, 11) is 0. The lowest BCUT2D eigenvalue weighted by molar-refractivity contribution is 0.0133. The molecule has 1 amide bonds. The van der Waals surface area contributed by atoms with Crippen LogP contribution in [0.4, 0.5) is 5.82 Å². The number of amides is 1. The SMILES string of the molecule is O=C(c1ccc[nH]1)N1CCCC2(COCCN(c3ccccn3)C2)C1. The van der Waals surface area contributed by atoms with Gasteiger partial charge in [0.1, 0.15) is 11.5 Å². The first kappa shape index (κ1) is 16.1. The predicted molar refractivity (Wildman–Crippen MR) is 95.6 cm³/mol. The molecule has 4 heterocycles. The van der Waals surface area contributed by atoms with E-state index >= 15 is 0 Å². The number of carbonyl (C=O) groups excluding carboxylic acids is 1. The Bertz CT molecular complexity index is 703. The highest BCUT2D eigenvalue weighted by molar-refractivity contribution is 5.92. The molecule has 1 atom stereocenters. The van der Waals surface area contributed by atoms with Crippen LogP contribution in [0, 0.1) is 5.41 Å². The molecule has 25 heavy (non-hydrogen) atoms. The minimum atomic E-state index is -0.0332. The first-order valence-electron chi connectivity index (χ1n) is 8.92. The molecule has 2 aliphatic heterocycles. The van der Waals surface area contributed by atoms with Gasteiger partial charge in [-0.25, -0.2) is 4.98 Å². The summed E-state index contributed by atoms with van der Waals surface area (Å²) < 4.78 is 5.94. The van der Waals surface area contributed by atoms with E-state index in [1.807, 2.05) is 41.4 Å². The summed E-state index contributed by atoms with van der Waals surface area (Å²) in [5, 5.41) is 0. The maximum atomic E-state index is 12.8. The van der Waals surface area contributed by atoms with E-state index in [1.165, 1.54) is 0 Å². The number of ether oxygens (including phenoxy) is 1. The predicted octanol–water partition coefficient (Wildman–Crippen LogP) is 2.17. The summed E-state index contributed by atoms with van der Waals surface area (Å²) >= 11 is 0. The lowest BCUT2D eigenvalue weighted by Crippen LogP contribution is -2.52. The van der Waals surface area contributed by atoms with Crippen molar-refractivity contribution in [3.8, 4) is 0 Å². The second kappa shape index (κ2) is 6.88. The van der Waals surface area contributed by atoms with Crippen LogP contribution >= 0.6 is 0 Å². The number of carbonyl (C=O) groups is 1. The lowest BCUT2D eigenvalue weighted by atomic mass is 9.80. The molecular formula is C19H24N4O2. The first-order chi connectivity index (χ1) is 12.3. The Hall–Kier alpha value is -2.34. The molecule has 1 spiro atoms. The molecule has 0 saturated carbocycles. The number of pyridine rings is 1. The lowest BCUT2D eigenvalue weighted by Gasteiger charge is -2.43. The van der Waals surface area contributed by atoms with Crippen molar-refractivity contribution in [2.24, 2.45) is 5.41 Å². The number of nitrogens with zero attached hydrogens (tertiary/aromatic N) is 3. The number of aromatic nitrogens is 2. The maximum Gasteiger partial charge on any atom is 0.270 e. The largest absolute Gasteiger partial charge is 0.379 e. The van der Waals surface area contributed by atoms with Crippen molar-refractivity contribution in [1.82, 2.24) is 14.9 Å². The number of nitrogens with one attached hydrogen (secondary N) is 1. The Morgan fingerprint density at radius 1 is 1.20 bits per heavy atom. The summed E-state index contributed by atoms with van der Waals surface area (Å²) in [6.45, 7) is 4.65.